The molecule has 1 unspecified atom stereocenters. The van der Waals surface area contributed by atoms with Crippen LogP contribution in [0.15, 0.2) is 0 Å². The number of halogens is 1. The maximum Gasteiger partial charge on any atom is 0.305 e. The van der Waals surface area contributed by atoms with Crippen molar-refractivity contribution in [2.75, 3.05) is 11.9 Å². The van der Waals surface area contributed by atoms with E-state index in [1.54, 1.807) is 0 Å². The Kier molecular flexibility index (Phi) is 22.2. The lowest BCUT2D eigenvalue weighted by Crippen LogP contribution is -2.14. The second kappa shape index (κ2) is 22.2. The zero-order valence-electron chi connectivity index (χ0n) is 18.4. The molecule has 3 heteroatoms. The molecule has 0 N–H and O–H groups in total. The van der Waals surface area contributed by atoms with Crippen LogP contribution in [0.5, 0.6) is 0 Å². The largest absolute Gasteiger partial charge is 0.465 e. The Morgan fingerprint density at radius 1 is 0.704 bits per heavy atom. The third-order valence-electron chi connectivity index (χ3n) is 5.43. The molecule has 1 atom stereocenters. The fourth-order valence-electron chi connectivity index (χ4n) is 3.59. The van der Waals surface area contributed by atoms with E-state index >= 15 is 0 Å². The second-order valence-corrected chi connectivity index (χ2v) is 8.95. The van der Waals surface area contributed by atoms with E-state index in [0.717, 1.165) is 11.8 Å². The van der Waals surface area contributed by atoms with Gasteiger partial charge in [-0.05, 0) is 25.2 Å². The zero-order valence-corrected chi connectivity index (χ0v) is 20.0. The van der Waals surface area contributed by atoms with Gasteiger partial charge in [0, 0.05) is 11.8 Å². The van der Waals surface area contributed by atoms with Crippen LogP contribution in [0.2, 0.25) is 0 Å². The van der Waals surface area contributed by atoms with Crippen molar-refractivity contribution in [3.05, 3.63) is 0 Å². The monoisotopic (exact) mass is 446 g/mol. The van der Waals surface area contributed by atoms with Gasteiger partial charge in [-0.1, -0.05) is 120 Å². The average molecular weight is 448 g/mol. The van der Waals surface area contributed by atoms with E-state index in [0.29, 0.717) is 18.9 Å². The van der Waals surface area contributed by atoms with Gasteiger partial charge in [0.2, 0.25) is 0 Å². The molecule has 0 fully saturated rings. The van der Waals surface area contributed by atoms with Gasteiger partial charge in [0.15, 0.2) is 0 Å². The number of ether oxygens (including phenoxy) is 1. The average Bonchev–Trinajstić information content (AvgIpc) is 2.68. The molecule has 0 aromatic rings. The minimum absolute atomic E-state index is 0.0154. The number of unbranched alkanes of at least 4 members (excludes halogenated alkanes) is 12. The summed E-state index contributed by atoms with van der Waals surface area (Å²) < 4.78 is 5.56. The third kappa shape index (κ3) is 20.5. The summed E-state index contributed by atoms with van der Waals surface area (Å²) in [4.78, 5) is 11.8. The maximum atomic E-state index is 11.8. The molecule has 0 aliphatic rings. The Hall–Kier alpha value is -0.0500. The van der Waals surface area contributed by atoms with E-state index in [9.17, 15) is 4.79 Å². The van der Waals surface area contributed by atoms with Crippen LogP contribution in [0.3, 0.4) is 0 Å². The van der Waals surface area contributed by atoms with E-state index in [2.05, 4.69) is 29.8 Å². The van der Waals surface area contributed by atoms with Crippen LogP contribution in [0.25, 0.3) is 0 Å². The van der Waals surface area contributed by atoms with Gasteiger partial charge in [-0.15, -0.1) is 0 Å². The highest BCUT2D eigenvalue weighted by Gasteiger charge is 2.12. The molecule has 162 valence electrons. The Morgan fingerprint density at radius 2 is 1.15 bits per heavy atom. The molecular formula is C24H47BrO2. The van der Waals surface area contributed by atoms with E-state index in [4.69, 9.17) is 4.74 Å². The highest BCUT2D eigenvalue weighted by Crippen LogP contribution is 2.20. The molecular weight excluding hydrogens is 400 g/mol. The molecule has 0 rings (SSSR count). The minimum atomic E-state index is -0.0154. The summed E-state index contributed by atoms with van der Waals surface area (Å²) in [6.45, 7) is 5.19. The lowest BCUT2D eigenvalue weighted by molar-refractivity contribution is -0.145. The van der Waals surface area contributed by atoms with Gasteiger partial charge in [-0.3, -0.25) is 4.79 Å². The molecule has 0 heterocycles. The van der Waals surface area contributed by atoms with Gasteiger partial charge in [0.25, 0.3) is 0 Å². The summed E-state index contributed by atoms with van der Waals surface area (Å²) >= 11 is 3.38. The van der Waals surface area contributed by atoms with Crippen molar-refractivity contribution in [3.8, 4) is 0 Å². The molecule has 0 bridgehead atoms. The van der Waals surface area contributed by atoms with Crippen molar-refractivity contribution in [1.82, 2.24) is 0 Å². The SMILES string of the molecule is CCCCCCCCCCC(CCCCCCCC)COC(=O)CCCBr. The summed E-state index contributed by atoms with van der Waals surface area (Å²) in [6.07, 6.45) is 22.9. The van der Waals surface area contributed by atoms with Crippen LogP contribution in [0.4, 0.5) is 0 Å². The number of carbonyl (C=O) groups excluding carboxylic acids is 1. The lowest BCUT2D eigenvalue weighted by atomic mass is 9.94. The van der Waals surface area contributed by atoms with E-state index in [1.807, 2.05) is 0 Å². The van der Waals surface area contributed by atoms with Gasteiger partial charge >= 0.3 is 5.97 Å². The van der Waals surface area contributed by atoms with Crippen molar-refractivity contribution < 1.29 is 9.53 Å². The summed E-state index contributed by atoms with van der Waals surface area (Å²) in [5, 5.41) is 0.877. The summed E-state index contributed by atoms with van der Waals surface area (Å²) in [7, 11) is 0. The summed E-state index contributed by atoms with van der Waals surface area (Å²) in [5.74, 6) is 0.558. The zero-order chi connectivity index (χ0) is 20.0. The number of esters is 1. The Labute approximate surface area is 178 Å². The van der Waals surface area contributed by atoms with Gasteiger partial charge in [-0.2, -0.15) is 0 Å². The number of rotatable bonds is 21. The topological polar surface area (TPSA) is 26.3 Å². The Bertz CT molecular complexity index is 307. The number of alkyl halides is 1. The van der Waals surface area contributed by atoms with E-state index in [1.165, 1.54) is 103 Å². The van der Waals surface area contributed by atoms with Crippen molar-refractivity contribution in [2.45, 2.75) is 129 Å². The van der Waals surface area contributed by atoms with Crippen LogP contribution in [-0.2, 0) is 9.53 Å². The van der Waals surface area contributed by atoms with Crippen molar-refractivity contribution in [1.29, 1.82) is 0 Å². The molecule has 0 aliphatic heterocycles. The maximum absolute atomic E-state index is 11.8. The van der Waals surface area contributed by atoms with Crippen LogP contribution < -0.4 is 0 Å². The van der Waals surface area contributed by atoms with Gasteiger partial charge in [0.05, 0.1) is 6.61 Å². The molecule has 0 aliphatic carbocycles. The standard InChI is InChI=1S/C24H47BrO2/c1-3-5-7-9-11-12-14-16-19-23(18-15-13-10-8-6-4-2)22-27-24(26)20-17-21-25/h23H,3-22H2,1-2H3. The Morgan fingerprint density at radius 3 is 1.59 bits per heavy atom. The molecule has 27 heavy (non-hydrogen) atoms. The van der Waals surface area contributed by atoms with Crippen LogP contribution in [0, 0.1) is 5.92 Å². The first-order valence-electron chi connectivity index (χ1n) is 12.0. The first-order valence-corrected chi connectivity index (χ1v) is 13.1. The van der Waals surface area contributed by atoms with Crippen LogP contribution >= 0.6 is 15.9 Å². The van der Waals surface area contributed by atoms with Crippen molar-refractivity contribution in [3.63, 3.8) is 0 Å². The van der Waals surface area contributed by atoms with Gasteiger partial charge in [0.1, 0.15) is 0 Å². The molecule has 0 aromatic heterocycles. The quantitative estimate of drug-likeness (QED) is 0.100. The fraction of sp³-hybridized carbons (Fsp3) is 0.958. The van der Waals surface area contributed by atoms with Gasteiger partial charge in [-0.25, -0.2) is 0 Å². The molecule has 0 amide bonds. The predicted molar refractivity (Wildman–Crippen MR) is 123 cm³/mol. The first-order chi connectivity index (χ1) is 13.2. The van der Waals surface area contributed by atoms with Crippen molar-refractivity contribution in [2.24, 2.45) is 5.92 Å². The number of hydrogen-bond acceptors (Lipinski definition) is 2. The normalized spacial score (nSPS) is 12.3. The molecule has 0 radical (unpaired) electrons. The van der Waals surface area contributed by atoms with E-state index in [-0.39, 0.29) is 5.97 Å². The third-order valence-corrected chi connectivity index (χ3v) is 5.99. The Balaban J connectivity index is 3.91. The molecule has 0 aromatic carbocycles. The number of carbonyl (C=O) groups is 1. The molecule has 0 saturated heterocycles. The van der Waals surface area contributed by atoms with Crippen LogP contribution in [-0.4, -0.2) is 17.9 Å². The first kappa shape index (κ1) is 27.0. The summed E-state index contributed by atoms with van der Waals surface area (Å²) in [6, 6.07) is 0. The van der Waals surface area contributed by atoms with Gasteiger partial charge < -0.3 is 4.74 Å². The predicted octanol–water partition coefficient (Wildman–Crippen LogP) is 8.60. The summed E-state index contributed by atoms with van der Waals surface area (Å²) in [5.41, 5.74) is 0. The highest BCUT2D eigenvalue weighted by molar-refractivity contribution is 9.09. The molecule has 0 spiro atoms. The molecule has 0 saturated carbocycles. The fourth-order valence-corrected chi connectivity index (χ4v) is 3.87. The van der Waals surface area contributed by atoms with Crippen molar-refractivity contribution >= 4 is 21.9 Å². The number of hydrogen-bond donors (Lipinski definition) is 0. The highest BCUT2D eigenvalue weighted by atomic mass is 79.9. The lowest BCUT2D eigenvalue weighted by Gasteiger charge is -2.17. The molecule has 2 nitrogen and oxygen atoms in total. The minimum Gasteiger partial charge on any atom is -0.465 e. The second-order valence-electron chi connectivity index (χ2n) is 8.16. The smallest absolute Gasteiger partial charge is 0.305 e. The van der Waals surface area contributed by atoms with E-state index < -0.39 is 0 Å². The van der Waals surface area contributed by atoms with Crippen LogP contribution in [0.1, 0.15) is 129 Å².